The van der Waals surface area contributed by atoms with Crippen molar-refractivity contribution in [2.24, 2.45) is 16.2 Å². The normalized spacial score (nSPS) is 16.1. The molecule has 2 aromatic heterocycles. The minimum absolute atomic E-state index is 0. The molecule has 0 saturated carbocycles. The van der Waals surface area contributed by atoms with Crippen LogP contribution in [0.25, 0.3) is 66.0 Å². The molecule has 0 bridgehead atoms. The third-order valence-corrected chi connectivity index (χ3v) is 20.3. The van der Waals surface area contributed by atoms with Gasteiger partial charge in [0.05, 0.1) is 29.9 Å². The van der Waals surface area contributed by atoms with Crippen molar-refractivity contribution in [2.75, 3.05) is 13.2 Å². The van der Waals surface area contributed by atoms with Gasteiger partial charge in [-0.15, -0.1) is 0 Å². The number of benzene rings is 7. The summed E-state index contributed by atoms with van der Waals surface area (Å²) in [5, 5.41) is 33.6. The van der Waals surface area contributed by atoms with E-state index < -0.39 is 11.8 Å². The number of hydrogen-bond acceptors (Lipinski definition) is 4. The van der Waals surface area contributed by atoms with Crippen LogP contribution in [-0.2, 0) is 70.5 Å². The number of ether oxygens (including phenoxy) is 2. The summed E-state index contributed by atoms with van der Waals surface area (Å²) in [6.07, 6.45) is 8.08. The van der Waals surface area contributed by atoms with Crippen molar-refractivity contribution < 1.29 is 45.5 Å². The monoisotopic (exact) mass is 1530 g/mol. The number of aromatic hydroxyl groups is 1. The molecule has 0 radical (unpaired) electrons. The zero-order chi connectivity index (χ0) is 69.9. The summed E-state index contributed by atoms with van der Waals surface area (Å²) in [4.78, 5) is 0. The summed E-state index contributed by atoms with van der Waals surface area (Å²) in [5.41, 5.74) is 15.8. The van der Waals surface area contributed by atoms with Crippen LogP contribution in [0.15, 0.2) is 133 Å². The number of rotatable bonds is 16. The number of nitrogens with zero attached hydrogens (tertiary/aromatic N) is 2. The Morgan fingerprint density at radius 3 is 1.39 bits per heavy atom. The molecule has 7 aromatic carbocycles. The zero-order valence-corrected chi connectivity index (χ0v) is 69.6. The van der Waals surface area contributed by atoms with Crippen molar-refractivity contribution in [1.29, 1.82) is 0 Å². The van der Waals surface area contributed by atoms with Crippen LogP contribution >= 0.6 is 23.2 Å². The number of hydrogen-bond donors (Lipinski definition) is 2. The molecule has 2 N–H and O–H groups in total. The molecule has 0 saturated heterocycles. The van der Waals surface area contributed by atoms with Gasteiger partial charge in [-0.25, -0.2) is 0 Å². The van der Waals surface area contributed by atoms with Crippen molar-refractivity contribution in [3.05, 3.63) is 202 Å². The van der Waals surface area contributed by atoms with Crippen LogP contribution in [0.5, 0.6) is 11.5 Å². The van der Waals surface area contributed by atoms with E-state index >= 15 is 0 Å². The fourth-order valence-electron chi connectivity index (χ4n) is 15.4. The maximum Gasteiger partial charge on any atom is 0.218 e. The van der Waals surface area contributed by atoms with Gasteiger partial charge in [-0.05, 0) is 210 Å². The van der Waals surface area contributed by atoms with E-state index in [4.69, 9.17) is 32.7 Å². The molecule has 0 spiro atoms. The summed E-state index contributed by atoms with van der Waals surface area (Å²) < 4.78 is 19.2. The second-order valence-corrected chi connectivity index (χ2v) is 36.5. The van der Waals surface area contributed by atoms with E-state index in [-0.39, 0.29) is 103 Å². The number of aromatic nitrogens is 2. The quantitative estimate of drug-likeness (QED) is 0.0438. The van der Waals surface area contributed by atoms with Crippen molar-refractivity contribution in [3.63, 3.8) is 0 Å². The van der Waals surface area contributed by atoms with E-state index in [0.29, 0.717) is 51.0 Å². The first kappa shape index (κ1) is 79.9. The molecule has 1 aliphatic rings. The zero-order valence-electron chi connectivity index (χ0n) is 64.5. The second kappa shape index (κ2) is 28.4. The van der Waals surface area contributed by atoms with Crippen LogP contribution in [-0.4, -0.2) is 38.3 Å². The molecule has 0 fully saturated rings. The molecular weight excluding hydrogens is 1410 g/mol. The Labute approximate surface area is 619 Å². The van der Waals surface area contributed by atoms with Gasteiger partial charge in [0.25, 0.3) is 0 Å². The van der Waals surface area contributed by atoms with Crippen molar-refractivity contribution in [1.82, 2.24) is 9.13 Å². The van der Waals surface area contributed by atoms with Crippen molar-refractivity contribution in [2.45, 2.75) is 237 Å². The maximum absolute atomic E-state index is 14.4. The molecule has 98 heavy (non-hydrogen) atoms. The van der Waals surface area contributed by atoms with Gasteiger partial charge < -0.3 is 43.7 Å². The van der Waals surface area contributed by atoms with Gasteiger partial charge in [-0.1, -0.05) is 226 Å². The van der Waals surface area contributed by atoms with E-state index in [1.54, 1.807) is 0 Å². The number of phenols is 1. The molecule has 0 aliphatic heterocycles. The minimum Gasteiger partial charge on any atom is -0.505 e. The van der Waals surface area contributed by atoms with E-state index in [1.807, 2.05) is 24.3 Å². The molecule has 9 heteroatoms. The Bertz CT molecular complexity index is 4350. The number of phenolic OH excluding ortho intramolecular Hbond substituents is 1. The smallest absolute Gasteiger partial charge is 0.218 e. The van der Waals surface area contributed by atoms with Gasteiger partial charge in [-0.3, -0.25) is 0 Å². The first-order valence-corrected chi connectivity index (χ1v) is 35.7. The minimum atomic E-state index is -1.92. The third-order valence-electron chi connectivity index (χ3n) is 19.9. The Kier molecular flexibility index (Phi) is 23.2. The van der Waals surface area contributed by atoms with E-state index in [2.05, 4.69) is 278 Å². The molecule has 2 heterocycles. The summed E-state index contributed by atoms with van der Waals surface area (Å²) in [6, 6.07) is 41.2. The SMILES string of the molecule is CCc1cc(Cl)cc(C2=CC(C(C)(C)CC(C)(C)C)=CC(n3c4ccc(C(C)(C)C)cc4c4cc(C(C)(C)C)ccc43)C2(O)OCCCOc2c(CC)cc(Cl)cc2-c2cc(C(C)(C)CC(C)(C)C)cc(-n3c4ccc(C(C)(C)C)cc4c4cc(C(C)(C)C)ccc43)c2O)c1.[CH3-].[CH3-].[Hf]. The standard InChI is InChI=1S/C87H110Cl2N2O4.2CH3.Hf/c1-25-53-38-55(41-62(88)39-53)70-47-61(86(23,24)52-80(6,7)8)49-76(91-73-34-30-58(83(15,16)17)44-66(73)67-45-59(84(18,19)20)31-35-74(67)91)87(70,93)95-37-27-36-94-78-54(26-2)40-63(89)50-69(78)68-46-60(85(21,22)51-79(3,4)5)48-75(77(68)92)90-71-32-28-56(81(9,10)11)42-64(71)65-43-57(82(12,13)14)29-33-72(65)90;;;/h28-35,38-50,76,92-93H,25-27,36-37,51-52H2,1-24H3;2*1H3;/q;2*-1;. The fraction of sp³-hybridized carbons (Fsp3) is 0.461. The molecule has 0 amide bonds. The second-order valence-electron chi connectivity index (χ2n) is 35.6. The molecule has 526 valence electrons. The number of aryl methyl sites for hydroxylation is 2. The summed E-state index contributed by atoms with van der Waals surface area (Å²) >= 11 is 14.4. The Balaban J connectivity index is 0.00000451. The fourth-order valence-corrected chi connectivity index (χ4v) is 15.9. The Morgan fingerprint density at radius 1 is 0.490 bits per heavy atom. The number of allylic oxidation sites excluding steroid dienone is 2. The first-order chi connectivity index (χ1) is 43.8. The molecule has 6 nitrogen and oxygen atoms in total. The van der Waals surface area contributed by atoms with Crippen molar-refractivity contribution >= 4 is 72.4 Å². The van der Waals surface area contributed by atoms with Gasteiger partial charge in [0.1, 0.15) is 17.5 Å². The maximum atomic E-state index is 14.4. The van der Waals surface area contributed by atoms with Crippen LogP contribution in [0, 0.1) is 31.1 Å². The molecule has 2 unspecified atom stereocenters. The van der Waals surface area contributed by atoms with Gasteiger partial charge in [0.2, 0.25) is 5.79 Å². The Morgan fingerprint density at radius 2 is 0.939 bits per heavy atom. The van der Waals surface area contributed by atoms with Gasteiger partial charge >= 0.3 is 0 Å². The average Bonchev–Trinajstić information content (AvgIpc) is 1.45. The van der Waals surface area contributed by atoms with Crippen LogP contribution < -0.4 is 4.74 Å². The first-order valence-electron chi connectivity index (χ1n) is 35.0. The largest absolute Gasteiger partial charge is 0.505 e. The molecule has 9 aromatic rings. The van der Waals surface area contributed by atoms with Gasteiger partial charge in [0, 0.05) is 91.6 Å². The van der Waals surface area contributed by atoms with Crippen LogP contribution in [0.1, 0.15) is 236 Å². The molecule has 1 aliphatic carbocycles. The van der Waals surface area contributed by atoms with Crippen LogP contribution in [0.2, 0.25) is 10.0 Å². The van der Waals surface area contributed by atoms with Crippen LogP contribution in [0.4, 0.5) is 0 Å². The number of halogens is 2. The average molecular weight is 1530 g/mol. The third kappa shape index (κ3) is 16.2. The van der Waals surface area contributed by atoms with Gasteiger partial charge in [0.15, 0.2) is 0 Å². The Hall–Kier alpha value is -5.41. The summed E-state index contributed by atoms with van der Waals surface area (Å²) in [5.74, 6) is -1.13. The van der Waals surface area contributed by atoms with E-state index in [9.17, 15) is 10.2 Å². The summed E-state index contributed by atoms with van der Waals surface area (Å²) in [6.45, 7) is 54.9. The van der Waals surface area contributed by atoms with Crippen molar-refractivity contribution in [3.8, 4) is 28.3 Å². The predicted molar refractivity (Wildman–Crippen MR) is 421 cm³/mol. The predicted octanol–water partition coefficient (Wildman–Crippen LogP) is 25.7. The van der Waals surface area contributed by atoms with E-state index in [1.165, 1.54) is 22.3 Å². The molecule has 10 rings (SSSR count). The van der Waals surface area contributed by atoms with Gasteiger partial charge in [-0.2, -0.15) is 0 Å². The molecule has 2 atom stereocenters. The van der Waals surface area contributed by atoms with E-state index in [0.717, 1.165) is 90.7 Å². The topological polar surface area (TPSA) is 68.8 Å². The number of aliphatic hydroxyl groups is 1. The van der Waals surface area contributed by atoms with Crippen LogP contribution in [0.3, 0.4) is 0 Å². The molecular formula is C89H116Cl2HfN2O4-2. The summed E-state index contributed by atoms with van der Waals surface area (Å²) in [7, 11) is 0. The number of fused-ring (bicyclic) bond motifs is 6.